The number of hydrogen-bond acceptors (Lipinski definition) is 6. The van der Waals surface area contributed by atoms with Crippen LogP contribution >= 0.6 is 0 Å². The van der Waals surface area contributed by atoms with Crippen molar-refractivity contribution in [3.05, 3.63) is 65.7 Å². The molecule has 0 aliphatic carbocycles. The molecule has 11 nitrogen and oxygen atoms in total. The number of hydrogen-bond donors (Lipinski definition) is 4. The maximum absolute atomic E-state index is 13.7. The third-order valence-corrected chi connectivity index (χ3v) is 9.42. The van der Waals surface area contributed by atoms with Gasteiger partial charge in [-0.25, -0.2) is 8.42 Å². The number of rotatable bonds is 16. The fourth-order valence-corrected chi connectivity index (χ4v) is 6.54. The Kier molecular flexibility index (Phi) is 12.5. The molecule has 1 atom stereocenters. The quantitative estimate of drug-likeness (QED) is 0.127. The summed E-state index contributed by atoms with van der Waals surface area (Å²) in [5.74, 6) is -1.10. The average molecular weight is 615 g/mol. The third kappa shape index (κ3) is 10.3. The summed E-state index contributed by atoms with van der Waals surface area (Å²) < 4.78 is 30.0. The van der Waals surface area contributed by atoms with Gasteiger partial charge in [-0.15, -0.1) is 0 Å². The molecule has 0 saturated carbocycles. The highest BCUT2D eigenvalue weighted by atomic mass is 32.2. The molecule has 0 unspecified atom stereocenters. The van der Waals surface area contributed by atoms with Gasteiger partial charge in [0.25, 0.3) is 0 Å². The molecule has 1 amide bonds. The van der Waals surface area contributed by atoms with Crippen molar-refractivity contribution in [2.75, 3.05) is 39.3 Å². The molecule has 2 aromatic rings. The average Bonchev–Trinajstić information content (AvgIpc) is 2.98. The van der Waals surface area contributed by atoms with Crippen molar-refractivity contribution >= 4 is 27.9 Å². The van der Waals surface area contributed by atoms with Crippen LogP contribution in [0.4, 0.5) is 0 Å². The first-order chi connectivity index (χ1) is 20.4. The summed E-state index contributed by atoms with van der Waals surface area (Å²) in [4.78, 5) is 32.4. The number of benzene rings is 2. The van der Waals surface area contributed by atoms with E-state index in [-0.39, 0.29) is 36.1 Å². The minimum Gasteiger partial charge on any atom is -0.481 e. The van der Waals surface area contributed by atoms with Crippen molar-refractivity contribution in [3.63, 3.8) is 0 Å². The predicted molar refractivity (Wildman–Crippen MR) is 168 cm³/mol. The zero-order valence-corrected chi connectivity index (χ0v) is 26.1. The van der Waals surface area contributed by atoms with Crippen molar-refractivity contribution in [3.8, 4) is 0 Å². The van der Waals surface area contributed by atoms with E-state index in [0.717, 1.165) is 30.5 Å². The number of sulfonamides is 1. The first kappa shape index (κ1) is 34.0. The maximum Gasteiger partial charge on any atom is 0.303 e. The van der Waals surface area contributed by atoms with Gasteiger partial charge in [0.2, 0.25) is 15.9 Å². The van der Waals surface area contributed by atoms with Crippen LogP contribution in [0.3, 0.4) is 0 Å². The Bertz CT molecular complexity index is 1340. The highest BCUT2D eigenvalue weighted by Crippen LogP contribution is 2.32. The minimum atomic E-state index is -4.03. The first-order valence-corrected chi connectivity index (χ1v) is 16.3. The second kappa shape index (κ2) is 15.8. The van der Waals surface area contributed by atoms with Crippen molar-refractivity contribution < 1.29 is 23.1 Å². The number of aliphatic carboxylic acids is 1. The van der Waals surface area contributed by atoms with Crippen LogP contribution in [0.1, 0.15) is 63.5 Å². The molecule has 0 aromatic heterocycles. The van der Waals surface area contributed by atoms with Gasteiger partial charge in [-0.1, -0.05) is 62.7 Å². The standard InChI is InChI=1S/C31H46N6O5S/c1-31(2,24-11-5-3-6-12-24)25-13-9-14-26(23-25)43(41,42)35-27(15-10-17-34-30(32)33)29(40)37-21-19-36(20-22-37)18-8-4-7-16-28(38)39/h3,5-6,9,11-14,23,27,35H,4,7-8,10,15-22H2,1-2H3,(H,38,39)(H4,32,33,34)/t27-/m0/s1. The van der Waals surface area contributed by atoms with E-state index in [9.17, 15) is 18.0 Å². The second-order valence-corrected chi connectivity index (χ2v) is 13.2. The molecule has 0 spiro atoms. The van der Waals surface area contributed by atoms with Crippen molar-refractivity contribution in [1.82, 2.24) is 14.5 Å². The number of piperazine rings is 1. The van der Waals surface area contributed by atoms with E-state index in [1.807, 2.05) is 50.2 Å². The molecule has 12 heteroatoms. The lowest BCUT2D eigenvalue weighted by molar-refractivity contribution is -0.137. The Balaban J connectivity index is 1.70. The maximum atomic E-state index is 13.7. The van der Waals surface area contributed by atoms with Gasteiger partial charge in [-0.3, -0.25) is 19.5 Å². The van der Waals surface area contributed by atoms with Gasteiger partial charge in [0.05, 0.1) is 4.90 Å². The molecular formula is C31H46N6O5S. The number of amides is 1. The lowest BCUT2D eigenvalue weighted by atomic mass is 9.78. The predicted octanol–water partition coefficient (Wildman–Crippen LogP) is 2.50. The van der Waals surface area contributed by atoms with E-state index >= 15 is 0 Å². The molecule has 0 bridgehead atoms. The number of carboxylic acids is 1. The number of guanidine groups is 1. The smallest absolute Gasteiger partial charge is 0.303 e. The Labute approximate surface area is 255 Å². The van der Waals surface area contributed by atoms with E-state index in [4.69, 9.17) is 16.6 Å². The highest BCUT2D eigenvalue weighted by molar-refractivity contribution is 7.89. The van der Waals surface area contributed by atoms with E-state index in [1.54, 1.807) is 23.1 Å². The van der Waals surface area contributed by atoms with Crippen LogP contribution in [0.5, 0.6) is 0 Å². The number of nitrogens with two attached hydrogens (primary N) is 2. The molecule has 43 heavy (non-hydrogen) atoms. The summed E-state index contributed by atoms with van der Waals surface area (Å²) in [6.45, 7) is 7.54. The molecule has 3 rings (SSSR count). The lowest BCUT2D eigenvalue weighted by Crippen LogP contribution is -2.55. The van der Waals surface area contributed by atoms with E-state index < -0.39 is 27.4 Å². The van der Waals surface area contributed by atoms with E-state index in [1.165, 1.54) is 0 Å². The summed E-state index contributed by atoms with van der Waals surface area (Å²) in [5.41, 5.74) is 12.4. The lowest BCUT2D eigenvalue weighted by Gasteiger charge is -2.36. The second-order valence-electron chi connectivity index (χ2n) is 11.5. The van der Waals surface area contributed by atoms with Crippen molar-refractivity contribution in [2.24, 2.45) is 16.5 Å². The van der Waals surface area contributed by atoms with Crippen LogP contribution in [0.25, 0.3) is 0 Å². The molecular weight excluding hydrogens is 568 g/mol. The van der Waals surface area contributed by atoms with Crippen molar-refractivity contribution in [1.29, 1.82) is 0 Å². The summed E-state index contributed by atoms with van der Waals surface area (Å²) in [5, 5.41) is 8.79. The van der Waals surface area contributed by atoms with E-state index in [0.29, 0.717) is 39.0 Å². The van der Waals surface area contributed by atoms with Gasteiger partial charge in [-0.05, 0) is 55.5 Å². The number of unbranched alkanes of at least 4 members (excludes halogenated alkanes) is 2. The number of aliphatic imine (C=N–C) groups is 1. The summed E-state index contributed by atoms with van der Waals surface area (Å²) >= 11 is 0. The molecule has 2 aromatic carbocycles. The van der Waals surface area contributed by atoms with Crippen LogP contribution in [-0.4, -0.2) is 86.5 Å². The summed E-state index contributed by atoms with van der Waals surface area (Å²) in [7, 11) is -4.03. The van der Waals surface area contributed by atoms with Gasteiger partial charge >= 0.3 is 5.97 Å². The molecule has 1 heterocycles. The molecule has 0 radical (unpaired) electrons. The zero-order chi connectivity index (χ0) is 31.5. The van der Waals surface area contributed by atoms with Gasteiger partial charge in [0.1, 0.15) is 6.04 Å². The topological polar surface area (TPSA) is 171 Å². The SMILES string of the molecule is CC(C)(c1ccccc1)c1cccc(S(=O)(=O)N[C@@H](CCCN=C(N)N)C(=O)N2CCN(CCCCCC(=O)O)CC2)c1. The van der Waals surface area contributed by atoms with Crippen molar-refractivity contribution in [2.45, 2.75) is 68.7 Å². The van der Waals surface area contributed by atoms with Crippen LogP contribution in [0, 0.1) is 0 Å². The number of carbonyl (C=O) groups is 2. The molecule has 1 aliphatic rings. The molecule has 6 N–H and O–H groups in total. The van der Waals surface area contributed by atoms with Crippen LogP contribution < -0.4 is 16.2 Å². The number of carboxylic acid groups (broad SMARTS) is 1. The summed E-state index contributed by atoms with van der Waals surface area (Å²) in [6.07, 6.45) is 3.24. The minimum absolute atomic E-state index is 0.0552. The Morgan fingerprint density at radius 2 is 1.63 bits per heavy atom. The Morgan fingerprint density at radius 1 is 0.953 bits per heavy atom. The molecule has 1 aliphatic heterocycles. The molecule has 1 fully saturated rings. The molecule has 236 valence electrons. The van der Waals surface area contributed by atoms with Gasteiger partial charge in [-0.2, -0.15) is 4.72 Å². The Morgan fingerprint density at radius 3 is 2.28 bits per heavy atom. The normalized spacial score (nSPS) is 15.2. The van der Waals surface area contributed by atoms with Gasteiger partial charge in [0.15, 0.2) is 5.96 Å². The fraction of sp³-hybridized carbons (Fsp3) is 0.516. The fourth-order valence-electron chi connectivity index (χ4n) is 5.27. The highest BCUT2D eigenvalue weighted by Gasteiger charge is 2.32. The van der Waals surface area contributed by atoms with Crippen LogP contribution in [0.15, 0.2) is 64.5 Å². The zero-order valence-electron chi connectivity index (χ0n) is 25.2. The number of nitrogens with one attached hydrogen (secondary N) is 1. The third-order valence-electron chi connectivity index (χ3n) is 7.95. The molecule has 1 saturated heterocycles. The first-order valence-electron chi connectivity index (χ1n) is 14.9. The number of carbonyl (C=O) groups excluding carboxylic acids is 1. The largest absolute Gasteiger partial charge is 0.481 e. The van der Waals surface area contributed by atoms with Crippen LogP contribution in [-0.2, 0) is 25.0 Å². The monoisotopic (exact) mass is 614 g/mol. The van der Waals surface area contributed by atoms with E-state index in [2.05, 4.69) is 14.6 Å². The van der Waals surface area contributed by atoms with Crippen LogP contribution in [0.2, 0.25) is 0 Å². The Hall–Kier alpha value is -3.48. The van der Waals surface area contributed by atoms with Gasteiger partial charge in [0, 0.05) is 44.6 Å². The summed E-state index contributed by atoms with van der Waals surface area (Å²) in [6, 6.07) is 15.8. The number of nitrogens with zero attached hydrogens (tertiary/aromatic N) is 3. The van der Waals surface area contributed by atoms with Gasteiger partial charge < -0.3 is 21.5 Å².